The van der Waals surface area contributed by atoms with Crippen LogP contribution in [0.15, 0.2) is 104 Å². The van der Waals surface area contributed by atoms with Gasteiger partial charge >= 0.3 is 19.5 Å². The SMILES string of the molecule is Cc1cn([C@H]2C[C@@H](O)[C@@H](COP(=O)(O)OCCSC3CC(=O)N(c4ccc(CCCC(=O)NNC(=O)c5ccc(C(=O)O)c(-c6c7ccc(=O)cc-7oc7cc(O)ccc67)c5)cc4)C3=O)O2)c(=O)[nH]c1=O. The second kappa shape index (κ2) is 21.0. The molecule has 24 heteroatoms. The van der Waals surface area contributed by atoms with Crippen molar-refractivity contribution in [2.24, 2.45) is 0 Å². The third kappa shape index (κ3) is 11.4. The third-order valence-corrected chi connectivity index (χ3v) is 13.8. The highest BCUT2D eigenvalue weighted by molar-refractivity contribution is 8.00. The molecule has 71 heavy (non-hydrogen) atoms. The number of aromatic nitrogens is 2. The minimum atomic E-state index is -4.65. The zero-order valence-electron chi connectivity index (χ0n) is 37.4. The van der Waals surface area contributed by atoms with Gasteiger partial charge in [0.15, 0.2) is 5.43 Å². The number of imide groups is 1. The number of phosphoric ester groups is 1. The molecule has 4 amide bonds. The Balaban J connectivity index is 0.782. The number of aromatic hydroxyl groups is 1. The number of hydrogen-bond acceptors (Lipinski definition) is 16. The molecule has 2 unspecified atom stereocenters. The molecule has 0 bridgehead atoms. The molecule has 0 saturated carbocycles. The van der Waals surface area contributed by atoms with E-state index < -0.39 is 79.0 Å². The van der Waals surface area contributed by atoms with Crippen molar-refractivity contribution in [2.45, 2.75) is 62.7 Å². The van der Waals surface area contributed by atoms with Crippen LogP contribution in [-0.4, -0.2) is 95.8 Å². The number of phenols is 1. The highest BCUT2D eigenvalue weighted by Gasteiger charge is 2.41. The molecular formula is C47H44N5O17PS. The van der Waals surface area contributed by atoms with E-state index in [1.54, 1.807) is 24.3 Å². The largest absolute Gasteiger partial charge is 0.508 e. The molecule has 0 radical (unpaired) electrons. The van der Waals surface area contributed by atoms with Crippen molar-refractivity contribution in [3.05, 3.63) is 138 Å². The van der Waals surface area contributed by atoms with E-state index in [9.17, 15) is 63.1 Å². The normalized spacial score (nSPS) is 18.8. The quantitative estimate of drug-likeness (QED) is 0.0225. The smallest absolute Gasteiger partial charge is 0.472 e. The van der Waals surface area contributed by atoms with Crippen LogP contribution in [-0.2, 0) is 39.2 Å². The highest BCUT2D eigenvalue weighted by Crippen LogP contribution is 2.45. The van der Waals surface area contributed by atoms with E-state index in [4.69, 9.17) is 18.2 Å². The Kier molecular flexibility index (Phi) is 14.8. The molecule has 2 fully saturated rings. The van der Waals surface area contributed by atoms with Gasteiger partial charge in [0.25, 0.3) is 11.5 Å². The Hall–Kier alpha value is -7.24. The first-order chi connectivity index (χ1) is 33.8. The van der Waals surface area contributed by atoms with Crippen LogP contribution in [0.2, 0.25) is 0 Å². The Morgan fingerprint density at radius 1 is 0.944 bits per heavy atom. The van der Waals surface area contributed by atoms with E-state index in [1.807, 2.05) is 0 Å². The lowest BCUT2D eigenvalue weighted by Gasteiger charge is -2.18. The van der Waals surface area contributed by atoms with E-state index in [2.05, 4.69) is 15.8 Å². The predicted octanol–water partition coefficient (Wildman–Crippen LogP) is 3.76. The van der Waals surface area contributed by atoms with E-state index in [0.29, 0.717) is 35.0 Å². The van der Waals surface area contributed by atoms with Gasteiger partial charge in [-0.1, -0.05) is 12.1 Å². The van der Waals surface area contributed by atoms with Crippen molar-refractivity contribution in [2.75, 3.05) is 23.9 Å². The van der Waals surface area contributed by atoms with E-state index in [1.165, 1.54) is 67.7 Å². The van der Waals surface area contributed by atoms with Crippen LogP contribution in [0.5, 0.6) is 5.75 Å². The number of aryl methyl sites for hydroxylation is 2. The molecule has 1 aliphatic carbocycles. The molecule has 4 heterocycles. The number of ether oxygens (including phenoxy) is 1. The van der Waals surface area contributed by atoms with E-state index >= 15 is 0 Å². The van der Waals surface area contributed by atoms with Crippen LogP contribution in [0, 0.1) is 6.92 Å². The number of hydrazine groups is 1. The van der Waals surface area contributed by atoms with Crippen molar-refractivity contribution in [3.63, 3.8) is 0 Å². The van der Waals surface area contributed by atoms with Crippen LogP contribution >= 0.6 is 19.6 Å². The number of hydrogen-bond donors (Lipinski definition) is 7. The van der Waals surface area contributed by atoms with Crippen molar-refractivity contribution in [1.29, 1.82) is 0 Å². The number of thioether (sulfide) groups is 1. The number of benzene rings is 4. The number of carbonyl (C=O) groups is 5. The molecule has 3 aliphatic heterocycles. The molecule has 4 aliphatic rings. The second-order valence-corrected chi connectivity index (χ2v) is 19.3. The Bertz CT molecular complexity index is 3280. The van der Waals surface area contributed by atoms with Gasteiger partial charge in [-0.3, -0.25) is 58.2 Å². The molecule has 370 valence electrons. The molecule has 1 aromatic heterocycles. The van der Waals surface area contributed by atoms with Gasteiger partial charge in [-0.2, -0.15) is 0 Å². The minimum Gasteiger partial charge on any atom is -0.508 e. The number of aromatic carboxylic acids is 1. The fourth-order valence-electron chi connectivity index (χ4n) is 8.14. The van der Waals surface area contributed by atoms with Crippen LogP contribution < -0.4 is 32.4 Å². The number of H-pyrrole nitrogens is 1. The Morgan fingerprint density at radius 2 is 1.72 bits per heavy atom. The number of aliphatic hydroxyl groups excluding tert-OH is 1. The van der Waals surface area contributed by atoms with Crippen LogP contribution in [0.25, 0.3) is 33.4 Å². The van der Waals surface area contributed by atoms with Crippen LogP contribution in [0.3, 0.4) is 0 Å². The van der Waals surface area contributed by atoms with Crippen molar-refractivity contribution >= 4 is 65.8 Å². The number of nitrogens with one attached hydrogen (secondary N) is 3. The monoisotopic (exact) mass is 1010 g/mol. The maximum absolute atomic E-state index is 13.3. The average Bonchev–Trinajstić information content (AvgIpc) is 3.84. The topological polar surface area (TPSA) is 323 Å². The van der Waals surface area contributed by atoms with Gasteiger partial charge in [-0.15, -0.1) is 11.8 Å². The summed E-state index contributed by atoms with van der Waals surface area (Å²) in [6.45, 7) is 0.603. The number of carboxylic acid groups (broad SMARTS) is 1. The zero-order chi connectivity index (χ0) is 50.7. The van der Waals surface area contributed by atoms with Gasteiger partial charge in [-0.25, -0.2) is 19.1 Å². The van der Waals surface area contributed by atoms with Crippen molar-refractivity contribution < 1.29 is 67.0 Å². The number of phosphoric acid groups is 1. The lowest BCUT2D eigenvalue weighted by Crippen LogP contribution is -2.41. The van der Waals surface area contributed by atoms with Crippen LogP contribution in [0.1, 0.15) is 63.8 Å². The third-order valence-electron chi connectivity index (χ3n) is 11.7. The summed E-state index contributed by atoms with van der Waals surface area (Å²) in [5.74, 6) is -3.44. The Labute approximate surface area is 405 Å². The van der Waals surface area contributed by atoms with Gasteiger partial charge < -0.3 is 29.4 Å². The first-order valence-electron chi connectivity index (χ1n) is 21.9. The summed E-state index contributed by atoms with van der Waals surface area (Å²) in [5, 5.41) is 30.2. The molecule has 2 saturated heterocycles. The van der Waals surface area contributed by atoms with Gasteiger partial charge in [0.05, 0.1) is 35.8 Å². The summed E-state index contributed by atoms with van der Waals surface area (Å²) in [7, 11) is -4.65. The molecule has 7 N–H and O–H groups in total. The minimum absolute atomic E-state index is 0.00391. The number of aromatic amines is 1. The molecule has 5 atom stereocenters. The number of carboxylic acids is 1. The molecule has 0 spiro atoms. The van der Waals surface area contributed by atoms with Gasteiger partial charge in [0, 0.05) is 71.0 Å². The number of carbonyl (C=O) groups excluding carboxylic acids is 4. The maximum atomic E-state index is 13.3. The summed E-state index contributed by atoms with van der Waals surface area (Å²) >= 11 is 1.05. The Morgan fingerprint density at radius 3 is 2.48 bits per heavy atom. The van der Waals surface area contributed by atoms with Crippen molar-refractivity contribution in [1.82, 2.24) is 20.4 Å². The molecule has 8 rings (SSSR count). The first kappa shape index (κ1) is 50.2. The number of aliphatic hydroxyl groups is 1. The lowest BCUT2D eigenvalue weighted by atomic mass is 9.89. The standard InChI is InChI=1S/C47H44N5O17PS/c1-24-22-51(47(63)48-43(24)58)41-20-34(55)37(69-41)23-67-70(64,65)66-15-16-71-38-21-40(57)52(45(38)60)27-8-5-25(6-9-27)3-2-4-39(56)49-50-44(59)26-7-12-30(46(61)62)33(17-26)42-31-13-10-28(53)18-35(31)68-36-19-29(54)11-14-32(36)42/h5-14,17-19,22,34,37-38,41,53,55H,2-4,15-16,20-21,23H2,1H3,(H,49,56)(H,50,59)(H,61,62)(H,64,65)(H,48,58,63)/t34-,37-,38?,41-/m1/s1. The van der Waals surface area contributed by atoms with E-state index in [-0.39, 0.29) is 76.4 Å². The first-order valence-corrected chi connectivity index (χ1v) is 24.4. The number of fused-ring (bicyclic) bond motifs is 2. The predicted molar refractivity (Wildman–Crippen MR) is 254 cm³/mol. The van der Waals surface area contributed by atoms with Gasteiger partial charge in [-0.05, 0) is 85.5 Å². The molecule has 22 nitrogen and oxygen atoms in total. The van der Waals surface area contributed by atoms with Gasteiger partial charge in [0.2, 0.25) is 17.7 Å². The summed E-state index contributed by atoms with van der Waals surface area (Å²) in [5.41, 5.74) is 5.24. The number of amides is 4. The second-order valence-electron chi connectivity index (χ2n) is 16.5. The molecular weight excluding hydrogens is 970 g/mol. The van der Waals surface area contributed by atoms with Crippen molar-refractivity contribution in [3.8, 4) is 28.2 Å². The molecule has 3 aromatic carbocycles. The summed E-state index contributed by atoms with van der Waals surface area (Å²) < 4.78 is 35.2. The summed E-state index contributed by atoms with van der Waals surface area (Å²) in [6.07, 6.45) is -1.34. The van der Waals surface area contributed by atoms with E-state index in [0.717, 1.165) is 26.8 Å². The number of rotatable bonds is 17. The number of nitrogens with zero attached hydrogens (tertiary/aromatic N) is 2. The zero-order valence-corrected chi connectivity index (χ0v) is 39.1. The highest BCUT2D eigenvalue weighted by atomic mass is 32.2. The summed E-state index contributed by atoms with van der Waals surface area (Å²) in [6, 6.07) is 18.7. The fraction of sp³-hybridized carbons (Fsp3) is 0.277. The fourth-order valence-corrected chi connectivity index (χ4v) is 9.97. The number of phenolic OH excluding ortho intramolecular Hbond substituents is 1. The van der Waals surface area contributed by atoms with Gasteiger partial charge in [0.1, 0.15) is 29.4 Å². The number of anilines is 1. The lowest BCUT2D eigenvalue weighted by molar-refractivity contribution is -0.122. The van der Waals surface area contributed by atoms with Crippen LogP contribution in [0.4, 0.5) is 5.69 Å². The summed E-state index contributed by atoms with van der Waals surface area (Å²) in [4.78, 5) is 114. The maximum Gasteiger partial charge on any atom is 0.472 e. The molecule has 4 aromatic rings. The average molecular weight is 1010 g/mol.